The molecule has 0 radical (unpaired) electrons. The molecule has 1 amide bonds. The molecule has 0 atom stereocenters. The van der Waals surface area contributed by atoms with Crippen LogP contribution in [-0.4, -0.2) is 18.0 Å². The van der Waals surface area contributed by atoms with Crippen molar-refractivity contribution in [2.24, 2.45) is 5.73 Å². The van der Waals surface area contributed by atoms with E-state index in [1.807, 2.05) is 6.92 Å². The molecule has 1 aromatic rings. The number of nitrogens with zero attached hydrogens (tertiary/aromatic N) is 1. The summed E-state index contributed by atoms with van der Waals surface area (Å²) in [5.41, 5.74) is 6.18. The van der Waals surface area contributed by atoms with Gasteiger partial charge in [-0.05, 0) is 6.92 Å². The van der Waals surface area contributed by atoms with Crippen molar-refractivity contribution in [3.05, 3.63) is 23.5 Å². The topological polar surface area (TPSA) is 65.2 Å². The second-order valence-electron chi connectivity index (χ2n) is 2.39. The van der Waals surface area contributed by atoms with Gasteiger partial charge in [0.25, 0.3) is 5.91 Å². The first-order valence-electron chi connectivity index (χ1n) is 3.45. The number of hydrogen-bond donors (Lipinski definition) is 1. The van der Waals surface area contributed by atoms with Crippen molar-refractivity contribution in [2.75, 3.05) is 7.11 Å². The van der Waals surface area contributed by atoms with Gasteiger partial charge in [-0.1, -0.05) is 0 Å². The Morgan fingerprint density at radius 1 is 1.67 bits per heavy atom. The molecule has 0 aromatic carbocycles. The summed E-state index contributed by atoms with van der Waals surface area (Å²) in [5, 5.41) is 0. The van der Waals surface area contributed by atoms with E-state index in [9.17, 15) is 4.79 Å². The minimum atomic E-state index is -0.528. The number of rotatable bonds is 2. The molecule has 0 unspecified atom stereocenters. The summed E-state index contributed by atoms with van der Waals surface area (Å²) in [4.78, 5) is 14.7. The standard InChI is InChI=1S/C8H10N2O2/c1-5-3-7(12-2)6(4-10-5)8(9)11/h3-4H,1-2H3,(H2,9,11). The SMILES string of the molecule is COc1cc(C)ncc1C(N)=O. The minimum Gasteiger partial charge on any atom is -0.496 e. The first-order valence-corrected chi connectivity index (χ1v) is 3.45. The highest BCUT2D eigenvalue weighted by Crippen LogP contribution is 2.16. The number of methoxy groups -OCH3 is 1. The molecule has 12 heavy (non-hydrogen) atoms. The van der Waals surface area contributed by atoms with Gasteiger partial charge >= 0.3 is 0 Å². The summed E-state index contributed by atoms with van der Waals surface area (Å²) in [6, 6.07) is 1.67. The van der Waals surface area contributed by atoms with Crippen LogP contribution < -0.4 is 10.5 Å². The van der Waals surface area contributed by atoms with Crippen molar-refractivity contribution in [3.63, 3.8) is 0 Å². The molecule has 0 saturated carbocycles. The molecule has 4 nitrogen and oxygen atoms in total. The Hall–Kier alpha value is -1.58. The van der Waals surface area contributed by atoms with Crippen LogP contribution in [0.15, 0.2) is 12.3 Å². The van der Waals surface area contributed by atoms with Crippen LogP contribution in [0, 0.1) is 6.92 Å². The predicted molar refractivity (Wildman–Crippen MR) is 44.0 cm³/mol. The Labute approximate surface area is 70.4 Å². The number of aryl methyl sites for hydroxylation is 1. The molecule has 0 fully saturated rings. The summed E-state index contributed by atoms with van der Waals surface area (Å²) in [7, 11) is 1.49. The quantitative estimate of drug-likeness (QED) is 0.695. The molecular formula is C8H10N2O2. The number of pyridine rings is 1. The Kier molecular flexibility index (Phi) is 2.28. The molecule has 0 spiro atoms. The van der Waals surface area contributed by atoms with E-state index in [0.717, 1.165) is 5.69 Å². The molecule has 2 N–H and O–H groups in total. The van der Waals surface area contributed by atoms with E-state index in [1.165, 1.54) is 13.3 Å². The minimum absolute atomic E-state index is 0.308. The summed E-state index contributed by atoms with van der Waals surface area (Å²) in [6.45, 7) is 1.81. The van der Waals surface area contributed by atoms with Crippen molar-refractivity contribution in [1.29, 1.82) is 0 Å². The Bertz CT molecular complexity index is 310. The van der Waals surface area contributed by atoms with Gasteiger partial charge < -0.3 is 10.5 Å². The second kappa shape index (κ2) is 3.21. The number of amides is 1. The highest BCUT2D eigenvalue weighted by Gasteiger charge is 2.08. The predicted octanol–water partition coefficient (Wildman–Crippen LogP) is 0.498. The number of carbonyl (C=O) groups excluding carboxylic acids is 1. The average Bonchev–Trinajstić information content (AvgIpc) is 2.03. The van der Waals surface area contributed by atoms with Gasteiger partial charge in [-0.2, -0.15) is 0 Å². The molecule has 1 rings (SSSR count). The molecule has 64 valence electrons. The Morgan fingerprint density at radius 3 is 2.83 bits per heavy atom. The van der Waals surface area contributed by atoms with E-state index < -0.39 is 5.91 Å². The lowest BCUT2D eigenvalue weighted by molar-refractivity contribution is 0.0997. The lowest BCUT2D eigenvalue weighted by Gasteiger charge is -2.04. The van der Waals surface area contributed by atoms with Crippen molar-refractivity contribution in [2.45, 2.75) is 6.92 Å². The fourth-order valence-corrected chi connectivity index (χ4v) is 0.889. The van der Waals surface area contributed by atoms with Crippen LogP contribution in [0.1, 0.15) is 16.1 Å². The maximum absolute atomic E-state index is 10.8. The Balaban J connectivity index is 3.20. The molecule has 0 aliphatic rings. The number of aromatic nitrogens is 1. The zero-order chi connectivity index (χ0) is 9.14. The van der Waals surface area contributed by atoms with Crippen LogP contribution in [0.5, 0.6) is 5.75 Å². The summed E-state index contributed by atoms with van der Waals surface area (Å²) < 4.78 is 4.95. The van der Waals surface area contributed by atoms with Gasteiger partial charge in [0.15, 0.2) is 0 Å². The monoisotopic (exact) mass is 166 g/mol. The van der Waals surface area contributed by atoms with Crippen molar-refractivity contribution in [3.8, 4) is 5.75 Å². The van der Waals surface area contributed by atoms with Crippen LogP contribution in [0.4, 0.5) is 0 Å². The number of primary amides is 1. The lowest BCUT2D eigenvalue weighted by atomic mass is 10.2. The first-order chi connectivity index (χ1) is 5.65. The lowest BCUT2D eigenvalue weighted by Crippen LogP contribution is -2.13. The molecule has 1 heterocycles. The van der Waals surface area contributed by atoms with Gasteiger partial charge in [-0.15, -0.1) is 0 Å². The van der Waals surface area contributed by atoms with Crippen molar-refractivity contribution < 1.29 is 9.53 Å². The number of ether oxygens (including phenoxy) is 1. The van der Waals surface area contributed by atoms with Gasteiger partial charge in [0.1, 0.15) is 5.75 Å². The van der Waals surface area contributed by atoms with Crippen LogP contribution in [0.3, 0.4) is 0 Å². The third-order valence-electron chi connectivity index (χ3n) is 1.49. The van der Waals surface area contributed by atoms with Gasteiger partial charge in [0, 0.05) is 18.0 Å². The Morgan fingerprint density at radius 2 is 2.33 bits per heavy atom. The van der Waals surface area contributed by atoms with Crippen molar-refractivity contribution >= 4 is 5.91 Å². The largest absolute Gasteiger partial charge is 0.496 e. The normalized spacial score (nSPS) is 9.50. The second-order valence-corrected chi connectivity index (χ2v) is 2.39. The smallest absolute Gasteiger partial charge is 0.254 e. The molecule has 0 saturated heterocycles. The van der Waals surface area contributed by atoms with Gasteiger partial charge in [0.05, 0.1) is 12.7 Å². The highest BCUT2D eigenvalue weighted by atomic mass is 16.5. The van der Waals surface area contributed by atoms with E-state index in [2.05, 4.69) is 4.98 Å². The fraction of sp³-hybridized carbons (Fsp3) is 0.250. The van der Waals surface area contributed by atoms with E-state index in [-0.39, 0.29) is 0 Å². The first kappa shape index (κ1) is 8.52. The van der Waals surface area contributed by atoms with E-state index in [1.54, 1.807) is 6.07 Å². The third-order valence-corrected chi connectivity index (χ3v) is 1.49. The maximum Gasteiger partial charge on any atom is 0.254 e. The molecule has 0 bridgehead atoms. The number of hydrogen-bond acceptors (Lipinski definition) is 3. The van der Waals surface area contributed by atoms with E-state index >= 15 is 0 Å². The third kappa shape index (κ3) is 1.53. The summed E-state index contributed by atoms with van der Waals surface area (Å²) in [6.07, 6.45) is 1.41. The van der Waals surface area contributed by atoms with Gasteiger partial charge in [-0.3, -0.25) is 9.78 Å². The average molecular weight is 166 g/mol. The number of carbonyl (C=O) groups is 1. The van der Waals surface area contributed by atoms with E-state index in [4.69, 9.17) is 10.5 Å². The van der Waals surface area contributed by atoms with Crippen LogP contribution >= 0.6 is 0 Å². The van der Waals surface area contributed by atoms with Gasteiger partial charge in [-0.25, -0.2) is 0 Å². The highest BCUT2D eigenvalue weighted by molar-refractivity contribution is 5.95. The van der Waals surface area contributed by atoms with Crippen LogP contribution in [0.25, 0.3) is 0 Å². The zero-order valence-corrected chi connectivity index (χ0v) is 7.00. The molecule has 4 heteroatoms. The molecule has 1 aromatic heterocycles. The van der Waals surface area contributed by atoms with Crippen LogP contribution in [-0.2, 0) is 0 Å². The van der Waals surface area contributed by atoms with Gasteiger partial charge in [0.2, 0.25) is 0 Å². The number of nitrogens with two attached hydrogens (primary N) is 1. The maximum atomic E-state index is 10.8. The van der Waals surface area contributed by atoms with E-state index in [0.29, 0.717) is 11.3 Å². The summed E-state index contributed by atoms with van der Waals surface area (Å²) >= 11 is 0. The molecule has 0 aliphatic carbocycles. The fourth-order valence-electron chi connectivity index (χ4n) is 0.889. The van der Waals surface area contributed by atoms with Crippen LogP contribution in [0.2, 0.25) is 0 Å². The zero-order valence-electron chi connectivity index (χ0n) is 7.00. The molecule has 0 aliphatic heterocycles. The van der Waals surface area contributed by atoms with Crippen molar-refractivity contribution in [1.82, 2.24) is 4.98 Å². The molecular weight excluding hydrogens is 156 g/mol. The summed E-state index contributed by atoms with van der Waals surface area (Å²) in [5.74, 6) is -0.0608.